The first-order valence-corrected chi connectivity index (χ1v) is 7.11. The SMILES string of the molecule is C[C@]1(O)CCN(C(=O)c2nnc3n2CCCC3)C[C@@H]1O. The van der Waals surface area contributed by atoms with Crippen molar-refractivity contribution >= 4 is 5.91 Å². The fourth-order valence-electron chi connectivity index (χ4n) is 2.82. The molecule has 1 amide bonds. The van der Waals surface area contributed by atoms with Crippen molar-refractivity contribution in [3.05, 3.63) is 11.6 Å². The average molecular weight is 280 g/mol. The number of likely N-dealkylation sites (tertiary alicyclic amines) is 1. The number of rotatable bonds is 1. The molecule has 0 radical (unpaired) electrons. The Morgan fingerprint density at radius 3 is 2.90 bits per heavy atom. The van der Waals surface area contributed by atoms with Crippen LogP contribution in [0.2, 0.25) is 0 Å². The molecule has 7 nitrogen and oxygen atoms in total. The van der Waals surface area contributed by atoms with Crippen LogP contribution in [0.3, 0.4) is 0 Å². The lowest BCUT2D eigenvalue weighted by atomic mass is 9.91. The van der Waals surface area contributed by atoms with Crippen LogP contribution in [0.15, 0.2) is 0 Å². The van der Waals surface area contributed by atoms with Crippen LogP contribution >= 0.6 is 0 Å². The molecule has 0 aliphatic carbocycles. The molecule has 2 aliphatic rings. The molecule has 2 N–H and O–H groups in total. The van der Waals surface area contributed by atoms with Crippen molar-refractivity contribution < 1.29 is 15.0 Å². The van der Waals surface area contributed by atoms with Crippen LogP contribution in [0.25, 0.3) is 0 Å². The van der Waals surface area contributed by atoms with E-state index in [1.165, 1.54) is 0 Å². The number of β-amino-alcohol motifs (C(OH)–C–C–N with tert-alkyl or cyclic N) is 1. The summed E-state index contributed by atoms with van der Waals surface area (Å²) in [5.41, 5.74) is -1.12. The van der Waals surface area contributed by atoms with Gasteiger partial charge in [0, 0.05) is 26.1 Å². The summed E-state index contributed by atoms with van der Waals surface area (Å²) in [4.78, 5) is 14.0. The molecule has 1 fully saturated rings. The van der Waals surface area contributed by atoms with Gasteiger partial charge in [-0.1, -0.05) is 0 Å². The third kappa shape index (κ3) is 2.20. The van der Waals surface area contributed by atoms with Gasteiger partial charge in [-0.15, -0.1) is 10.2 Å². The predicted octanol–water partition coefficient (Wildman–Crippen LogP) is -0.428. The maximum atomic E-state index is 12.5. The highest BCUT2D eigenvalue weighted by Crippen LogP contribution is 2.23. The second-order valence-corrected chi connectivity index (χ2v) is 5.92. The van der Waals surface area contributed by atoms with E-state index in [0.29, 0.717) is 18.8 Å². The molecule has 2 atom stereocenters. The van der Waals surface area contributed by atoms with Crippen LogP contribution < -0.4 is 0 Å². The highest BCUT2D eigenvalue weighted by Gasteiger charge is 2.39. The van der Waals surface area contributed by atoms with Gasteiger partial charge in [-0.25, -0.2) is 0 Å². The summed E-state index contributed by atoms with van der Waals surface area (Å²) in [5, 5.41) is 27.9. The number of aryl methyl sites for hydroxylation is 1. The van der Waals surface area contributed by atoms with Crippen LogP contribution in [0.4, 0.5) is 0 Å². The van der Waals surface area contributed by atoms with Crippen LogP contribution in [-0.2, 0) is 13.0 Å². The third-order valence-electron chi connectivity index (χ3n) is 4.34. The number of fused-ring (bicyclic) bond motifs is 1. The number of piperidine rings is 1. The molecule has 1 saturated heterocycles. The minimum atomic E-state index is -1.12. The molecule has 3 rings (SSSR count). The van der Waals surface area contributed by atoms with Gasteiger partial charge in [-0.05, 0) is 26.2 Å². The quantitative estimate of drug-likeness (QED) is 0.728. The predicted molar refractivity (Wildman–Crippen MR) is 70.1 cm³/mol. The van der Waals surface area contributed by atoms with E-state index in [1.54, 1.807) is 11.8 Å². The van der Waals surface area contributed by atoms with Crippen molar-refractivity contribution in [1.82, 2.24) is 19.7 Å². The first-order chi connectivity index (χ1) is 9.49. The standard InChI is InChI=1S/C13H20N4O3/c1-13(20)5-7-16(8-9(13)18)12(19)11-15-14-10-4-2-3-6-17(10)11/h9,18,20H,2-8H2,1H3/t9-,13-/m0/s1. The van der Waals surface area contributed by atoms with E-state index in [4.69, 9.17) is 0 Å². The van der Waals surface area contributed by atoms with Gasteiger partial charge < -0.3 is 19.7 Å². The topological polar surface area (TPSA) is 91.5 Å². The van der Waals surface area contributed by atoms with E-state index >= 15 is 0 Å². The molecule has 3 heterocycles. The van der Waals surface area contributed by atoms with Gasteiger partial charge in [-0.3, -0.25) is 4.79 Å². The molecule has 0 saturated carbocycles. The lowest BCUT2D eigenvalue weighted by molar-refractivity contribution is -0.100. The van der Waals surface area contributed by atoms with Crippen molar-refractivity contribution in [1.29, 1.82) is 0 Å². The molecule has 0 aromatic carbocycles. The molecule has 20 heavy (non-hydrogen) atoms. The number of aliphatic hydroxyl groups is 2. The van der Waals surface area contributed by atoms with Gasteiger partial charge in [0.2, 0.25) is 5.82 Å². The zero-order chi connectivity index (χ0) is 14.3. The van der Waals surface area contributed by atoms with Crippen LogP contribution in [0.5, 0.6) is 0 Å². The average Bonchev–Trinajstić information content (AvgIpc) is 2.85. The number of carbonyl (C=O) groups is 1. The molecule has 110 valence electrons. The number of amides is 1. The first-order valence-electron chi connectivity index (χ1n) is 7.11. The highest BCUT2D eigenvalue weighted by atomic mass is 16.3. The number of nitrogens with zero attached hydrogens (tertiary/aromatic N) is 4. The highest BCUT2D eigenvalue weighted by molar-refractivity contribution is 5.91. The molecule has 2 aliphatic heterocycles. The van der Waals surface area contributed by atoms with Crippen molar-refractivity contribution in [3.8, 4) is 0 Å². The molecular weight excluding hydrogens is 260 g/mol. The van der Waals surface area contributed by atoms with Gasteiger partial charge in [0.15, 0.2) is 0 Å². The van der Waals surface area contributed by atoms with Crippen molar-refractivity contribution in [2.75, 3.05) is 13.1 Å². The summed E-state index contributed by atoms with van der Waals surface area (Å²) in [7, 11) is 0. The van der Waals surface area contributed by atoms with Gasteiger partial charge in [0.05, 0.1) is 11.7 Å². The summed E-state index contributed by atoms with van der Waals surface area (Å²) < 4.78 is 1.88. The zero-order valence-electron chi connectivity index (χ0n) is 11.6. The largest absolute Gasteiger partial charge is 0.388 e. The molecule has 0 bridgehead atoms. The lowest BCUT2D eigenvalue weighted by Crippen LogP contribution is -2.55. The number of hydrogen-bond acceptors (Lipinski definition) is 5. The van der Waals surface area contributed by atoms with Crippen molar-refractivity contribution in [2.45, 2.75) is 50.9 Å². The van der Waals surface area contributed by atoms with Gasteiger partial charge >= 0.3 is 0 Å². The Kier molecular flexibility index (Phi) is 3.25. The van der Waals surface area contributed by atoms with Crippen molar-refractivity contribution in [2.24, 2.45) is 0 Å². The fourth-order valence-corrected chi connectivity index (χ4v) is 2.82. The van der Waals surface area contributed by atoms with E-state index in [9.17, 15) is 15.0 Å². The summed E-state index contributed by atoms with van der Waals surface area (Å²) >= 11 is 0. The van der Waals surface area contributed by atoms with Crippen LogP contribution in [0.1, 0.15) is 42.6 Å². The zero-order valence-corrected chi connectivity index (χ0v) is 11.6. The molecule has 1 aromatic heterocycles. The fraction of sp³-hybridized carbons (Fsp3) is 0.769. The second-order valence-electron chi connectivity index (χ2n) is 5.92. The number of aromatic nitrogens is 3. The minimum absolute atomic E-state index is 0.133. The Morgan fingerprint density at radius 2 is 2.15 bits per heavy atom. The van der Waals surface area contributed by atoms with Gasteiger partial charge in [0.1, 0.15) is 5.82 Å². The molecule has 0 spiro atoms. The van der Waals surface area contributed by atoms with E-state index in [-0.39, 0.29) is 12.5 Å². The Hall–Kier alpha value is -1.47. The number of carbonyl (C=O) groups excluding carboxylic acids is 1. The second kappa shape index (κ2) is 4.82. The number of aliphatic hydroxyl groups excluding tert-OH is 1. The smallest absolute Gasteiger partial charge is 0.291 e. The molecular formula is C13H20N4O3. The summed E-state index contributed by atoms with van der Waals surface area (Å²) in [6.07, 6.45) is 2.41. The number of hydrogen-bond donors (Lipinski definition) is 2. The van der Waals surface area contributed by atoms with Crippen LogP contribution in [0, 0.1) is 0 Å². The summed E-state index contributed by atoms with van der Waals surface area (Å²) in [6, 6.07) is 0. The maximum absolute atomic E-state index is 12.5. The van der Waals surface area contributed by atoms with Crippen LogP contribution in [-0.4, -0.2) is 60.6 Å². The molecule has 0 unspecified atom stereocenters. The monoisotopic (exact) mass is 280 g/mol. The summed E-state index contributed by atoms with van der Waals surface area (Å²) in [5.74, 6) is 1.01. The van der Waals surface area contributed by atoms with Gasteiger partial charge in [-0.2, -0.15) is 0 Å². The first kappa shape index (κ1) is 13.5. The lowest BCUT2D eigenvalue weighted by Gasteiger charge is -2.39. The molecule has 1 aromatic rings. The third-order valence-corrected chi connectivity index (χ3v) is 4.34. The molecule has 7 heteroatoms. The maximum Gasteiger partial charge on any atom is 0.291 e. The van der Waals surface area contributed by atoms with E-state index in [2.05, 4.69) is 10.2 Å². The Morgan fingerprint density at radius 1 is 1.35 bits per heavy atom. The Labute approximate surface area is 117 Å². The van der Waals surface area contributed by atoms with E-state index in [0.717, 1.165) is 31.6 Å². The van der Waals surface area contributed by atoms with Crippen molar-refractivity contribution in [3.63, 3.8) is 0 Å². The van der Waals surface area contributed by atoms with E-state index < -0.39 is 11.7 Å². The van der Waals surface area contributed by atoms with E-state index in [1.807, 2.05) is 4.57 Å². The minimum Gasteiger partial charge on any atom is -0.388 e. The Bertz CT molecular complexity index is 526. The summed E-state index contributed by atoms with van der Waals surface area (Å²) in [6.45, 7) is 2.93. The van der Waals surface area contributed by atoms with Gasteiger partial charge in [0.25, 0.3) is 5.91 Å². The normalized spacial score (nSPS) is 30.1. The Balaban J connectivity index is 1.78.